The quantitative estimate of drug-likeness (QED) is 0.731. The van der Waals surface area contributed by atoms with E-state index in [1.807, 2.05) is 0 Å². The number of benzene rings is 1. The number of nitrogens with one attached hydrogen (secondary N) is 1. The topological polar surface area (TPSA) is 92.8 Å². The molecule has 1 aliphatic heterocycles. The molecular formula is C18H26N2O5S. The van der Waals surface area contributed by atoms with Crippen molar-refractivity contribution in [3.63, 3.8) is 0 Å². The molecule has 8 heteroatoms. The summed E-state index contributed by atoms with van der Waals surface area (Å²) in [5.74, 6) is -0.789. The predicted octanol–water partition coefficient (Wildman–Crippen LogP) is 2.45. The second kappa shape index (κ2) is 9.14. The zero-order chi connectivity index (χ0) is 19.2. The number of aryl methyl sites for hydroxylation is 1. The van der Waals surface area contributed by atoms with E-state index in [4.69, 9.17) is 4.74 Å². The predicted molar refractivity (Wildman–Crippen MR) is 98.3 cm³/mol. The first-order valence-corrected chi connectivity index (χ1v) is 10.3. The van der Waals surface area contributed by atoms with Crippen molar-refractivity contribution < 1.29 is 22.7 Å². The van der Waals surface area contributed by atoms with E-state index in [0.29, 0.717) is 24.3 Å². The summed E-state index contributed by atoms with van der Waals surface area (Å²) in [6, 6.07) is 4.83. The Labute approximate surface area is 154 Å². The van der Waals surface area contributed by atoms with Crippen molar-refractivity contribution in [1.82, 2.24) is 4.31 Å². The van der Waals surface area contributed by atoms with E-state index in [1.54, 1.807) is 26.0 Å². The number of carbonyl (C=O) groups is 2. The number of amides is 1. The Bertz CT molecular complexity index is 755. The van der Waals surface area contributed by atoms with Gasteiger partial charge in [0.05, 0.1) is 17.9 Å². The van der Waals surface area contributed by atoms with Crippen LogP contribution in [-0.4, -0.2) is 44.3 Å². The second-order valence-corrected chi connectivity index (χ2v) is 8.20. The van der Waals surface area contributed by atoms with Crippen LogP contribution in [0.5, 0.6) is 0 Å². The molecule has 144 valence electrons. The van der Waals surface area contributed by atoms with Gasteiger partial charge in [0.2, 0.25) is 15.9 Å². The number of rotatable bonds is 7. The van der Waals surface area contributed by atoms with E-state index in [0.717, 1.165) is 19.3 Å². The highest BCUT2D eigenvalue weighted by molar-refractivity contribution is 7.89. The Morgan fingerprint density at radius 1 is 1.15 bits per heavy atom. The smallest absolute Gasteiger partial charge is 0.306 e. The third kappa shape index (κ3) is 5.28. The minimum absolute atomic E-state index is 0.00946. The zero-order valence-corrected chi connectivity index (χ0v) is 16.1. The number of ether oxygens (including phenoxy) is 1. The molecule has 1 aromatic carbocycles. The molecule has 1 heterocycles. The molecule has 1 fully saturated rings. The lowest BCUT2D eigenvalue weighted by Crippen LogP contribution is -2.36. The number of carbonyl (C=O) groups excluding carboxylic acids is 2. The SMILES string of the molecule is CCOC(=O)CCC(=O)Nc1ccc(C)c(S(=O)(=O)N2CCCCC2)c1. The van der Waals surface area contributed by atoms with Crippen molar-refractivity contribution in [2.24, 2.45) is 0 Å². The van der Waals surface area contributed by atoms with Gasteiger partial charge in [-0.15, -0.1) is 0 Å². The van der Waals surface area contributed by atoms with Gasteiger partial charge in [0.1, 0.15) is 0 Å². The Kier molecular flexibility index (Phi) is 7.16. The summed E-state index contributed by atoms with van der Waals surface area (Å²) < 4.78 is 32.1. The Morgan fingerprint density at radius 3 is 2.50 bits per heavy atom. The molecule has 0 aliphatic carbocycles. The van der Waals surface area contributed by atoms with Gasteiger partial charge in [0.15, 0.2) is 0 Å². The molecule has 0 atom stereocenters. The van der Waals surface area contributed by atoms with Crippen LogP contribution in [0.3, 0.4) is 0 Å². The first-order chi connectivity index (χ1) is 12.3. The average molecular weight is 382 g/mol. The van der Waals surface area contributed by atoms with Gasteiger partial charge in [-0.05, 0) is 44.4 Å². The summed E-state index contributed by atoms with van der Waals surface area (Å²) in [6.45, 7) is 4.77. The van der Waals surface area contributed by atoms with Crippen molar-refractivity contribution in [3.8, 4) is 0 Å². The Balaban J connectivity index is 2.09. The molecule has 1 amide bonds. The maximum Gasteiger partial charge on any atom is 0.306 e. The Hall–Kier alpha value is -1.93. The fraction of sp³-hybridized carbons (Fsp3) is 0.556. The minimum Gasteiger partial charge on any atom is -0.466 e. The molecule has 2 rings (SSSR count). The first kappa shape index (κ1) is 20.4. The number of hydrogen-bond donors (Lipinski definition) is 1. The van der Waals surface area contributed by atoms with Crippen molar-refractivity contribution in [1.29, 1.82) is 0 Å². The van der Waals surface area contributed by atoms with E-state index in [1.165, 1.54) is 10.4 Å². The fourth-order valence-electron chi connectivity index (χ4n) is 2.87. The number of sulfonamides is 1. The van der Waals surface area contributed by atoms with Gasteiger partial charge >= 0.3 is 5.97 Å². The molecule has 0 radical (unpaired) electrons. The van der Waals surface area contributed by atoms with Crippen LogP contribution in [0.15, 0.2) is 23.1 Å². The third-order valence-electron chi connectivity index (χ3n) is 4.27. The molecule has 1 aliphatic rings. The molecule has 0 bridgehead atoms. The van der Waals surface area contributed by atoms with Crippen LogP contribution in [0, 0.1) is 6.92 Å². The maximum atomic E-state index is 12.9. The summed E-state index contributed by atoms with van der Waals surface area (Å²) >= 11 is 0. The fourth-order valence-corrected chi connectivity index (χ4v) is 4.64. The Morgan fingerprint density at radius 2 is 1.85 bits per heavy atom. The average Bonchev–Trinajstić information content (AvgIpc) is 2.62. The van der Waals surface area contributed by atoms with E-state index in [9.17, 15) is 18.0 Å². The summed E-state index contributed by atoms with van der Waals surface area (Å²) in [7, 11) is -3.58. The lowest BCUT2D eigenvalue weighted by Gasteiger charge is -2.26. The highest BCUT2D eigenvalue weighted by atomic mass is 32.2. The number of nitrogens with zero attached hydrogens (tertiary/aromatic N) is 1. The lowest BCUT2D eigenvalue weighted by atomic mass is 10.2. The molecular weight excluding hydrogens is 356 g/mol. The number of hydrogen-bond acceptors (Lipinski definition) is 5. The molecule has 0 unspecified atom stereocenters. The summed E-state index contributed by atoms with van der Waals surface area (Å²) in [5.41, 5.74) is 1.04. The van der Waals surface area contributed by atoms with Gasteiger partial charge < -0.3 is 10.1 Å². The van der Waals surface area contributed by atoms with Gasteiger partial charge in [-0.1, -0.05) is 12.5 Å². The summed E-state index contributed by atoms with van der Waals surface area (Å²) in [6.07, 6.45) is 2.75. The monoisotopic (exact) mass is 382 g/mol. The number of anilines is 1. The van der Waals surface area contributed by atoms with Crippen molar-refractivity contribution in [3.05, 3.63) is 23.8 Å². The molecule has 7 nitrogen and oxygen atoms in total. The van der Waals surface area contributed by atoms with Crippen LogP contribution in [0.1, 0.15) is 44.6 Å². The maximum absolute atomic E-state index is 12.9. The molecule has 26 heavy (non-hydrogen) atoms. The highest BCUT2D eigenvalue weighted by Gasteiger charge is 2.27. The van der Waals surface area contributed by atoms with E-state index >= 15 is 0 Å². The van der Waals surface area contributed by atoms with Gasteiger partial charge in [0, 0.05) is 25.2 Å². The molecule has 1 N–H and O–H groups in total. The van der Waals surface area contributed by atoms with E-state index in [-0.39, 0.29) is 30.3 Å². The van der Waals surface area contributed by atoms with Crippen LogP contribution in [-0.2, 0) is 24.3 Å². The third-order valence-corrected chi connectivity index (χ3v) is 6.31. The summed E-state index contributed by atoms with van der Waals surface area (Å²) in [4.78, 5) is 23.5. The largest absolute Gasteiger partial charge is 0.466 e. The van der Waals surface area contributed by atoms with Crippen molar-refractivity contribution >= 4 is 27.6 Å². The normalized spacial score (nSPS) is 15.5. The van der Waals surface area contributed by atoms with E-state index in [2.05, 4.69) is 5.32 Å². The molecule has 0 saturated carbocycles. The van der Waals surface area contributed by atoms with Crippen LogP contribution >= 0.6 is 0 Å². The lowest BCUT2D eigenvalue weighted by molar-refractivity contribution is -0.144. The summed E-state index contributed by atoms with van der Waals surface area (Å²) in [5, 5.41) is 2.65. The molecule has 1 aromatic rings. The molecule has 0 spiro atoms. The minimum atomic E-state index is -3.58. The first-order valence-electron chi connectivity index (χ1n) is 8.91. The molecule has 0 aromatic heterocycles. The molecule has 1 saturated heterocycles. The number of piperidine rings is 1. The number of esters is 1. The van der Waals surface area contributed by atoms with Gasteiger partial charge in [-0.2, -0.15) is 4.31 Å². The second-order valence-electron chi connectivity index (χ2n) is 6.30. The van der Waals surface area contributed by atoms with Crippen molar-refractivity contribution in [2.75, 3.05) is 25.0 Å². The zero-order valence-electron chi connectivity index (χ0n) is 15.3. The van der Waals surface area contributed by atoms with Crippen LogP contribution in [0.25, 0.3) is 0 Å². The van der Waals surface area contributed by atoms with E-state index < -0.39 is 16.0 Å². The van der Waals surface area contributed by atoms with Crippen LogP contribution in [0.4, 0.5) is 5.69 Å². The van der Waals surface area contributed by atoms with Gasteiger partial charge in [-0.3, -0.25) is 9.59 Å². The standard InChI is InChI=1S/C18H26N2O5S/c1-3-25-18(22)10-9-17(21)19-15-8-7-14(2)16(13-15)26(23,24)20-11-5-4-6-12-20/h7-8,13H,3-6,9-12H2,1-2H3,(H,19,21). The van der Waals surface area contributed by atoms with Gasteiger partial charge in [0.25, 0.3) is 0 Å². The van der Waals surface area contributed by atoms with Crippen LogP contribution in [0.2, 0.25) is 0 Å². The van der Waals surface area contributed by atoms with Gasteiger partial charge in [-0.25, -0.2) is 8.42 Å². The highest BCUT2D eigenvalue weighted by Crippen LogP contribution is 2.26. The van der Waals surface area contributed by atoms with Crippen LogP contribution < -0.4 is 5.32 Å². The van der Waals surface area contributed by atoms with Crippen molar-refractivity contribution in [2.45, 2.75) is 50.8 Å².